The first-order chi connectivity index (χ1) is 6.74. The van der Waals surface area contributed by atoms with E-state index in [1.165, 1.54) is 6.07 Å². The number of hydrogen-bond donors (Lipinski definition) is 2. The highest BCUT2D eigenvalue weighted by Gasteiger charge is 1.99. The zero-order valence-electron chi connectivity index (χ0n) is 7.89. The molecule has 4 heteroatoms. The van der Waals surface area contributed by atoms with Crippen molar-refractivity contribution in [2.24, 2.45) is 5.73 Å². The number of hydrogen-bond acceptors (Lipinski definition) is 2. The van der Waals surface area contributed by atoms with Gasteiger partial charge in [-0.05, 0) is 37.2 Å². The van der Waals surface area contributed by atoms with Gasteiger partial charge in [-0.15, -0.1) is 0 Å². The minimum atomic E-state index is -0.377. The van der Waals surface area contributed by atoms with Crippen molar-refractivity contribution in [1.29, 1.82) is 0 Å². The number of benzene rings is 1. The fourth-order valence-electron chi connectivity index (χ4n) is 1.11. The quantitative estimate of drug-likeness (QED) is 0.738. The molecule has 0 saturated carbocycles. The maximum Gasteiger partial charge on any atom is 0.141 e. The molecule has 0 aliphatic heterocycles. The summed E-state index contributed by atoms with van der Waals surface area (Å²) in [5.74, 6) is -0.377. The van der Waals surface area contributed by atoms with Crippen LogP contribution in [0.3, 0.4) is 0 Å². The van der Waals surface area contributed by atoms with Crippen molar-refractivity contribution in [3.05, 3.63) is 34.6 Å². The van der Waals surface area contributed by atoms with E-state index in [-0.39, 0.29) is 10.8 Å². The van der Waals surface area contributed by atoms with Gasteiger partial charge in [-0.3, -0.25) is 0 Å². The van der Waals surface area contributed by atoms with Gasteiger partial charge >= 0.3 is 0 Å². The van der Waals surface area contributed by atoms with Crippen molar-refractivity contribution in [3.8, 4) is 0 Å². The predicted molar refractivity (Wildman–Crippen MR) is 56.8 cm³/mol. The molecular formula is C10H14ClFN2. The standard InChI is InChI=1S/C10H14ClFN2/c11-9-6-8(2-3-10(9)12)7-14-5-1-4-13/h2-3,6,14H,1,4-5,7,13H2. The van der Waals surface area contributed by atoms with Crippen molar-refractivity contribution in [3.63, 3.8) is 0 Å². The molecule has 0 radical (unpaired) electrons. The third-order valence-electron chi connectivity index (χ3n) is 1.87. The Morgan fingerprint density at radius 2 is 2.21 bits per heavy atom. The largest absolute Gasteiger partial charge is 0.330 e. The molecule has 1 aromatic rings. The number of nitrogens with two attached hydrogens (primary N) is 1. The van der Waals surface area contributed by atoms with Crippen LogP contribution in [-0.2, 0) is 6.54 Å². The van der Waals surface area contributed by atoms with E-state index in [2.05, 4.69) is 5.32 Å². The van der Waals surface area contributed by atoms with Gasteiger partial charge in [0.15, 0.2) is 0 Å². The molecule has 0 aliphatic carbocycles. The molecule has 0 bridgehead atoms. The second kappa shape index (κ2) is 5.96. The lowest BCUT2D eigenvalue weighted by Gasteiger charge is -2.04. The minimum Gasteiger partial charge on any atom is -0.330 e. The molecule has 3 N–H and O–H groups in total. The van der Waals surface area contributed by atoms with E-state index in [0.717, 1.165) is 18.5 Å². The molecule has 14 heavy (non-hydrogen) atoms. The third-order valence-corrected chi connectivity index (χ3v) is 2.16. The van der Waals surface area contributed by atoms with E-state index in [4.69, 9.17) is 17.3 Å². The van der Waals surface area contributed by atoms with Gasteiger partial charge in [0.2, 0.25) is 0 Å². The zero-order valence-corrected chi connectivity index (χ0v) is 8.65. The molecule has 2 nitrogen and oxygen atoms in total. The summed E-state index contributed by atoms with van der Waals surface area (Å²) in [7, 11) is 0. The summed E-state index contributed by atoms with van der Waals surface area (Å²) in [6.45, 7) is 2.24. The molecule has 0 saturated heterocycles. The van der Waals surface area contributed by atoms with E-state index < -0.39 is 0 Å². The first-order valence-electron chi connectivity index (χ1n) is 4.58. The number of rotatable bonds is 5. The Morgan fingerprint density at radius 3 is 2.86 bits per heavy atom. The highest BCUT2D eigenvalue weighted by molar-refractivity contribution is 6.30. The first-order valence-corrected chi connectivity index (χ1v) is 4.96. The van der Waals surface area contributed by atoms with Gasteiger partial charge in [0.05, 0.1) is 5.02 Å². The third kappa shape index (κ3) is 3.62. The SMILES string of the molecule is NCCCNCc1ccc(F)c(Cl)c1. The maximum absolute atomic E-state index is 12.8. The smallest absolute Gasteiger partial charge is 0.141 e. The number of halogens is 2. The van der Waals surface area contributed by atoms with Gasteiger partial charge in [0, 0.05) is 6.54 Å². The monoisotopic (exact) mass is 216 g/mol. The Bertz CT molecular complexity index is 291. The van der Waals surface area contributed by atoms with Crippen LogP contribution in [0.1, 0.15) is 12.0 Å². The second-order valence-corrected chi connectivity index (χ2v) is 3.47. The highest BCUT2D eigenvalue weighted by atomic mass is 35.5. The van der Waals surface area contributed by atoms with E-state index >= 15 is 0 Å². The average molecular weight is 217 g/mol. The molecular weight excluding hydrogens is 203 g/mol. The summed E-state index contributed by atoms with van der Waals surface area (Å²) in [5.41, 5.74) is 6.32. The zero-order chi connectivity index (χ0) is 10.4. The van der Waals surface area contributed by atoms with Gasteiger partial charge < -0.3 is 11.1 Å². The lowest BCUT2D eigenvalue weighted by atomic mass is 10.2. The summed E-state index contributed by atoms with van der Waals surface area (Å²) < 4.78 is 12.8. The molecule has 0 atom stereocenters. The van der Waals surface area contributed by atoms with E-state index in [9.17, 15) is 4.39 Å². The minimum absolute atomic E-state index is 0.170. The van der Waals surface area contributed by atoms with Crippen molar-refractivity contribution in [2.45, 2.75) is 13.0 Å². The average Bonchev–Trinajstić information content (AvgIpc) is 2.18. The molecule has 0 amide bonds. The molecule has 1 rings (SSSR count). The molecule has 0 fully saturated rings. The number of nitrogens with one attached hydrogen (secondary N) is 1. The lowest BCUT2D eigenvalue weighted by Crippen LogP contribution is -2.17. The Kier molecular flexibility index (Phi) is 4.87. The van der Waals surface area contributed by atoms with Gasteiger partial charge in [-0.2, -0.15) is 0 Å². The van der Waals surface area contributed by atoms with Crippen molar-refractivity contribution >= 4 is 11.6 Å². The van der Waals surface area contributed by atoms with Crippen LogP contribution in [0.5, 0.6) is 0 Å². The van der Waals surface area contributed by atoms with E-state index in [1.807, 2.05) is 0 Å². The van der Waals surface area contributed by atoms with Crippen LogP contribution in [0.25, 0.3) is 0 Å². The van der Waals surface area contributed by atoms with Crippen molar-refractivity contribution in [1.82, 2.24) is 5.32 Å². The summed E-state index contributed by atoms with van der Waals surface area (Å²) >= 11 is 5.63. The van der Waals surface area contributed by atoms with Crippen LogP contribution in [-0.4, -0.2) is 13.1 Å². The Morgan fingerprint density at radius 1 is 1.43 bits per heavy atom. The maximum atomic E-state index is 12.8. The van der Waals surface area contributed by atoms with Crippen LogP contribution in [0.15, 0.2) is 18.2 Å². The summed E-state index contributed by atoms with van der Waals surface area (Å²) in [6, 6.07) is 4.73. The molecule has 1 aromatic carbocycles. The molecule has 0 heterocycles. The predicted octanol–water partition coefficient (Wildman–Crippen LogP) is 1.92. The van der Waals surface area contributed by atoms with Crippen molar-refractivity contribution in [2.75, 3.05) is 13.1 Å². The van der Waals surface area contributed by atoms with Crippen LogP contribution in [0, 0.1) is 5.82 Å². The van der Waals surface area contributed by atoms with Gasteiger partial charge in [-0.1, -0.05) is 17.7 Å². The Hall–Kier alpha value is -0.640. The summed E-state index contributed by atoms with van der Waals surface area (Å²) in [6.07, 6.45) is 0.939. The van der Waals surface area contributed by atoms with Gasteiger partial charge in [0.25, 0.3) is 0 Å². The Balaban J connectivity index is 2.39. The topological polar surface area (TPSA) is 38.0 Å². The van der Waals surface area contributed by atoms with Gasteiger partial charge in [-0.25, -0.2) is 4.39 Å². The normalized spacial score (nSPS) is 10.5. The van der Waals surface area contributed by atoms with Crippen molar-refractivity contribution < 1.29 is 4.39 Å². The first kappa shape index (κ1) is 11.4. The molecule has 0 aliphatic rings. The second-order valence-electron chi connectivity index (χ2n) is 3.07. The highest BCUT2D eigenvalue weighted by Crippen LogP contribution is 2.15. The van der Waals surface area contributed by atoms with Crippen LogP contribution >= 0.6 is 11.6 Å². The molecule has 0 aromatic heterocycles. The molecule has 0 unspecified atom stereocenters. The van der Waals surface area contributed by atoms with E-state index in [0.29, 0.717) is 13.1 Å². The Labute approximate surface area is 88.2 Å². The molecule has 0 spiro atoms. The van der Waals surface area contributed by atoms with Crippen LogP contribution in [0.2, 0.25) is 5.02 Å². The van der Waals surface area contributed by atoms with Crippen LogP contribution < -0.4 is 11.1 Å². The lowest BCUT2D eigenvalue weighted by molar-refractivity contribution is 0.623. The summed E-state index contributed by atoms with van der Waals surface area (Å²) in [4.78, 5) is 0. The van der Waals surface area contributed by atoms with E-state index in [1.54, 1.807) is 12.1 Å². The molecule has 78 valence electrons. The summed E-state index contributed by atoms with van der Waals surface area (Å²) in [5, 5.41) is 3.36. The van der Waals surface area contributed by atoms with Crippen LogP contribution in [0.4, 0.5) is 4.39 Å². The van der Waals surface area contributed by atoms with Gasteiger partial charge in [0.1, 0.15) is 5.82 Å². The fourth-order valence-corrected chi connectivity index (χ4v) is 1.31. The fraction of sp³-hybridized carbons (Fsp3) is 0.400.